The molecule has 124 valence electrons. The second-order valence-corrected chi connectivity index (χ2v) is 5.93. The SMILES string of the molecule is CC(C)OCCOCc1cccc(NC(=O)[C@@H](N)C(C)C)c1. The van der Waals surface area contributed by atoms with Gasteiger partial charge >= 0.3 is 0 Å². The molecule has 0 unspecified atom stereocenters. The number of hydrogen-bond acceptors (Lipinski definition) is 4. The first-order valence-electron chi connectivity index (χ1n) is 7.75. The molecule has 0 heterocycles. The molecule has 0 saturated heterocycles. The first-order valence-corrected chi connectivity index (χ1v) is 7.75. The van der Waals surface area contributed by atoms with Gasteiger partial charge in [-0.25, -0.2) is 0 Å². The number of ether oxygens (including phenoxy) is 2. The van der Waals surface area contributed by atoms with Crippen molar-refractivity contribution in [3.05, 3.63) is 29.8 Å². The molecule has 1 aromatic carbocycles. The normalized spacial score (nSPS) is 12.7. The highest BCUT2D eigenvalue weighted by Crippen LogP contribution is 2.13. The van der Waals surface area contributed by atoms with Crippen molar-refractivity contribution in [2.24, 2.45) is 11.7 Å². The molecule has 0 aromatic heterocycles. The van der Waals surface area contributed by atoms with Gasteiger partial charge in [0.2, 0.25) is 5.91 Å². The maximum absolute atomic E-state index is 11.9. The van der Waals surface area contributed by atoms with Crippen LogP contribution in [-0.2, 0) is 20.9 Å². The Hall–Kier alpha value is -1.43. The van der Waals surface area contributed by atoms with Crippen LogP contribution in [0, 0.1) is 5.92 Å². The van der Waals surface area contributed by atoms with Crippen LogP contribution in [0.25, 0.3) is 0 Å². The molecule has 0 aliphatic rings. The monoisotopic (exact) mass is 308 g/mol. The van der Waals surface area contributed by atoms with Crippen LogP contribution in [0.4, 0.5) is 5.69 Å². The minimum atomic E-state index is -0.506. The molecule has 0 saturated carbocycles. The van der Waals surface area contributed by atoms with Gasteiger partial charge in [0.05, 0.1) is 32.0 Å². The van der Waals surface area contributed by atoms with E-state index < -0.39 is 6.04 Å². The van der Waals surface area contributed by atoms with Gasteiger partial charge in [-0.3, -0.25) is 4.79 Å². The van der Waals surface area contributed by atoms with Crippen molar-refractivity contribution >= 4 is 11.6 Å². The molecule has 0 fully saturated rings. The number of anilines is 1. The van der Waals surface area contributed by atoms with E-state index in [1.807, 2.05) is 52.0 Å². The number of benzene rings is 1. The molecule has 5 heteroatoms. The van der Waals surface area contributed by atoms with Gasteiger partial charge in [-0.05, 0) is 37.5 Å². The lowest BCUT2D eigenvalue weighted by Crippen LogP contribution is -2.39. The molecule has 0 bridgehead atoms. The van der Waals surface area contributed by atoms with Gasteiger partial charge in [-0.1, -0.05) is 26.0 Å². The topological polar surface area (TPSA) is 73.6 Å². The lowest BCUT2D eigenvalue weighted by Gasteiger charge is -2.15. The fourth-order valence-corrected chi connectivity index (χ4v) is 1.80. The summed E-state index contributed by atoms with van der Waals surface area (Å²) in [5.41, 5.74) is 7.57. The summed E-state index contributed by atoms with van der Waals surface area (Å²) in [6.45, 7) is 9.45. The third-order valence-corrected chi connectivity index (χ3v) is 3.16. The van der Waals surface area contributed by atoms with E-state index in [1.165, 1.54) is 0 Å². The second-order valence-electron chi connectivity index (χ2n) is 5.93. The van der Waals surface area contributed by atoms with E-state index in [0.717, 1.165) is 11.3 Å². The predicted molar refractivity (Wildman–Crippen MR) is 88.6 cm³/mol. The van der Waals surface area contributed by atoms with Crippen LogP contribution in [0.2, 0.25) is 0 Å². The maximum atomic E-state index is 11.9. The average Bonchev–Trinajstić information content (AvgIpc) is 2.46. The molecular weight excluding hydrogens is 280 g/mol. The lowest BCUT2D eigenvalue weighted by atomic mass is 10.0. The molecule has 0 aliphatic carbocycles. The Morgan fingerprint density at radius 2 is 1.95 bits per heavy atom. The largest absolute Gasteiger partial charge is 0.376 e. The zero-order chi connectivity index (χ0) is 16.5. The zero-order valence-electron chi connectivity index (χ0n) is 14.0. The second kappa shape index (κ2) is 9.56. The van der Waals surface area contributed by atoms with Crippen molar-refractivity contribution in [3.63, 3.8) is 0 Å². The van der Waals surface area contributed by atoms with Crippen LogP contribution in [0.15, 0.2) is 24.3 Å². The Bertz CT molecular complexity index is 461. The van der Waals surface area contributed by atoms with Crippen molar-refractivity contribution in [2.45, 2.75) is 46.4 Å². The van der Waals surface area contributed by atoms with Crippen molar-refractivity contribution in [2.75, 3.05) is 18.5 Å². The molecule has 1 rings (SSSR count). The molecule has 0 radical (unpaired) electrons. The summed E-state index contributed by atoms with van der Waals surface area (Å²) in [6, 6.07) is 7.08. The number of rotatable bonds is 9. The lowest BCUT2D eigenvalue weighted by molar-refractivity contribution is -0.118. The Morgan fingerprint density at radius 1 is 1.23 bits per heavy atom. The minimum Gasteiger partial charge on any atom is -0.376 e. The minimum absolute atomic E-state index is 0.104. The van der Waals surface area contributed by atoms with Crippen LogP contribution in [-0.4, -0.2) is 31.3 Å². The molecule has 0 spiro atoms. The van der Waals surface area contributed by atoms with Crippen molar-refractivity contribution in [1.82, 2.24) is 0 Å². The summed E-state index contributed by atoms with van der Waals surface area (Å²) in [4.78, 5) is 11.9. The molecule has 1 aromatic rings. The molecule has 3 N–H and O–H groups in total. The van der Waals surface area contributed by atoms with E-state index in [2.05, 4.69) is 5.32 Å². The van der Waals surface area contributed by atoms with Gasteiger partial charge < -0.3 is 20.5 Å². The summed E-state index contributed by atoms with van der Waals surface area (Å²) in [5.74, 6) is -0.0640. The number of amides is 1. The summed E-state index contributed by atoms with van der Waals surface area (Å²) in [5, 5.41) is 2.84. The summed E-state index contributed by atoms with van der Waals surface area (Å²) in [7, 11) is 0. The maximum Gasteiger partial charge on any atom is 0.241 e. The molecule has 1 amide bonds. The van der Waals surface area contributed by atoms with Gasteiger partial charge in [-0.15, -0.1) is 0 Å². The number of nitrogens with two attached hydrogens (primary N) is 1. The number of nitrogens with one attached hydrogen (secondary N) is 1. The molecule has 1 atom stereocenters. The van der Waals surface area contributed by atoms with Crippen LogP contribution < -0.4 is 11.1 Å². The van der Waals surface area contributed by atoms with E-state index in [4.69, 9.17) is 15.2 Å². The number of carbonyl (C=O) groups is 1. The zero-order valence-corrected chi connectivity index (χ0v) is 14.0. The van der Waals surface area contributed by atoms with Crippen LogP contribution in [0.5, 0.6) is 0 Å². The Balaban J connectivity index is 2.43. The summed E-state index contributed by atoms with van der Waals surface area (Å²) >= 11 is 0. The molecule has 0 aliphatic heterocycles. The average molecular weight is 308 g/mol. The standard InChI is InChI=1S/C17H28N2O3/c1-12(2)16(18)17(20)19-15-7-5-6-14(10-15)11-21-8-9-22-13(3)4/h5-7,10,12-13,16H,8-9,11,18H2,1-4H3,(H,19,20)/t16-/m0/s1. The molecule has 5 nitrogen and oxygen atoms in total. The number of hydrogen-bond donors (Lipinski definition) is 2. The van der Waals surface area contributed by atoms with Crippen LogP contribution in [0.1, 0.15) is 33.3 Å². The van der Waals surface area contributed by atoms with Crippen LogP contribution in [0.3, 0.4) is 0 Å². The van der Waals surface area contributed by atoms with Crippen molar-refractivity contribution < 1.29 is 14.3 Å². The van der Waals surface area contributed by atoms with E-state index >= 15 is 0 Å². The van der Waals surface area contributed by atoms with Gasteiger partial charge in [0.15, 0.2) is 0 Å². The smallest absolute Gasteiger partial charge is 0.241 e. The molecular formula is C17H28N2O3. The fourth-order valence-electron chi connectivity index (χ4n) is 1.80. The highest BCUT2D eigenvalue weighted by molar-refractivity contribution is 5.94. The Labute approximate surface area is 133 Å². The highest BCUT2D eigenvalue weighted by Gasteiger charge is 2.17. The molecule has 22 heavy (non-hydrogen) atoms. The quantitative estimate of drug-likeness (QED) is 0.688. The first-order chi connectivity index (χ1) is 10.4. The van der Waals surface area contributed by atoms with Gasteiger partial charge in [0.1, 0.15) is 0 Å². The van der Waals surface area contributed by atoms with Crippen molar-refractivity contribution in [1.29, 1.82) is 0 Å². The third-order valence-electron chi connectivity index (χ3n) is 3.16. The first kappa shape index (κ1) is 18.6. The van der Waals surface area contributed by atoms with E-state index in [-0.39, 0.29) is 17.9 Å². The fraction of sp³-hybridized carbons (Fsp3) is 0.588. The van der Waals surface area contributed by atoms with E-state index in [1.54, 1.807) is 0 Å². The summed E-state index contributed by atoms with van der Waals surface area (Å²) in [6.07, 6.45) is 0.215. The van der Waals surface area contributed by atoms with Gasteiger partial charge in [0.25, 0.3) is 0 Å². The Morgan fingerprint density at radius 3 is 2.59 bits per heavy atom. The van der Waals surface area contributed by atoms with Crippen molar-refractivity contribution in [3.8, 4) is 0 Å². The number of carbonyl (C=O) groups excluding carboxylic acids is 1. The van der Waals surface area contributed by atoms with Gasteiger partial charge in [-0.2, -0.15) is 0 Å². The highest BCUT2D eigenvalue weighted by atomic mass is 16.5. The van der Waals surface area contributed by atoms with Gasteiger partial charge in [0, 0.05) is 5.69 Å². The predicted octanol–water partition coefficient (Wildman–Crippen LogP) is 2.55. The van der Waals surface area contributed by atoms with Crippen LogP contribution >= 0.6 is 0 Å². The summed E-state index contributed by atoms with van der Waals surface area (Å²) < 4.78 is 11.0. The Kier molecular flexibility index (Phi) is 8.09. The third kappa shape index (κ3) is 7.02. The van der Waals surface area contributed by atoms with E-state index in [9.17, 15) is 4.79 Å². The van der Waals surface area contributed by atoms with E-state index in [0.29, 0.717) is 19.8 Å².